The second-order valence-corrected chi connectivity index (χ2v) is 5.52. The molecule has 0 bridgehead atoms. The fourth-order valence-electron chi connectivity index (χ4n) is 1.81. The molecule has 0 unspecified atom stereocenters. The summed E-state index contributed by atoms with van der Waals surface area (Å²) in [6.07, 6.45) is -2.78. The standard InChI is InChI=1S/C14H14F3N5O2S/c1-25-12-10(18)11(21-13(19)22-12)24-6-9(23)20-8-4-2-3-7(5-8)14(15,16)17/h2-5H,6,18H2,1H3,(H,20,23)(H2,19,21,22). The van der Waals surface area contributed by atoms with E-state index in [-0.39, 0.29) is 23.2 Å². The lowest BCUT2D eigenvalue weighted by Gasteiger charge is -2.12. The summed E-state index contributed by atoms with van der Waals surface area (Å²) in [7, 11) is 0. The zero-order valence-corrected chi connectivity index (χ0v) is 13.7. The number of carbonyl (C=O) groups excluding carboxylic acids is 1. The van der Waals surface area contributed by atoms with Gasteiger partial charge in [-0.05, 0) is 24.5 Å². The molecule has 0 saturated carbocycles. The lowest BCUT2D eigenvalue weighted by molar-refractivity contribution is -0.137. The maximum atomic E-state index is 12.6. The number of alkyl halides is 3. The topological polar surface area (TPSA) is 116 Å². The minimum Gasteiger partial charge on any atom is -0.466 e. The van der Waals surface area contributed by atoms with Crippen molar-refractivity contribution in [1.82, 2.24) is 9.97 Å². The monoisotopic (exact) mass is 373 g/mol. The number of rotatable bonds is 5. The molecular formula is C14H14F3N5O2S. The van der Waals surface area contributed by atoms with E-state index in [2.05, 4.69) is 15.3 Å². The van der Waals surface area contributed by atoms with Gasteiger partial charge in [0.2, 0.25) is 11.8 Å². The first-order valence-corrected chi connectivity index (χ1v) is 8.00. The van der Waals surface area contributed by atoms with Crippen LogP contribution >= 0.6 is 11.8 Å². The molecule has 0 saturated heterocycles. The van der Waals surface area contributed by atoms with Crippen LogP contribution in [0.15, 0.2) is 29.3 Å². The molecule has 0 atom stereocenters. The average molecular weight is 373 g/mol. The molecule has 134 valence electrons. The molecule has 2 aromatic rings. The smallest absolute Gasteiger partial charge is 0.416 e. The number of nitrogens with zero attached hydrogens (tertiary/aromatic N) is 2. The van der Waals surface area contributed by atoms with Gasteiger partial charge in [0.1, 0.15) is 10.7 Å². The molecule has 1 aromatic carbocycles. The van der Waals surface area contributed by atoms with Crippen LogP contribution in [0.3, 0.4) is 0 Å². The molecule has 0 aliphatic rings. The van der Waals surface area contributed by atoms with Crippen molar-refractivity contribution in [3.05, 3.63) is 29.8 Å². The van der Waals surface area contributed by atoms with Crippen LogP contribution in [-0.4, -0.2) is 28.7 Å². The predicted molar refractivity (Wildman–Crippen MR) is 88.2 cm³/mol. The highest BCUT2D eigenvalue weighted by atomic mass is 32.2. The van der Waals surface area contributed by atoms with Gasteiger partial charge in [0.15, 0.2) is 6.61 Å². The van der Waals surface area contributed by atoms with E-state index in [9.17, 15) is 18.0 Å². The lowest BCUT2D eigenvalue weighted by Crippen LogP contribution is -2.21. The summed E-state index contributed by atoms with van der Waals surface area (Å²) in [5.41, 5.74) is 10.5. The van der Waals surface area contributed by atoms with Crippen LogP contribution in [-0.2, 0) is 11.0 Å². The predicted octanol–water partition coefficient (Wildman–Crippen LogP) is 2.40. The number of anilines is 3. The number of nitrogens with two attached hydrogens (primary N) is 2. The van der Waals surface area contributed by atoms with Crippen LogP contribution in [0.4, 0.5) is 30.5 Å². The maximum absolute atomic E-state index is 12.6. The minimum absolute atomic E-state index is 0.0107. The van der Waals surface area contributed by atoms with E-state index in [1.165, 1.54) is 23.9 Å². The lowest BCUT2D eigenvalue weighted by atomic mass is 10.2. The van der Waals surface area contributed by atoms with E-state index >= 15 is 0 Å². The highest BCUT2D eigenvalue weighted by molar-refractivity contribution is 7.98. The van der Waals surface area contributed by atoms with Crippen molar-refractivity contribution in [3.8, 4) is 5.88 Å². The second kappa shape index (κ2) is 7.47. The molecule has 0 fully saturated rings. The Morgan fingerprint density at radius 3 is 2.68 bits per heavy atom. The molecule has 0 aliphatic carbocycles. The first-order valence-electron chi connectivity index (χ1n) is 6.77. The first-order chi connectivity index (χ1) is 11.7. The van der Waals surface area contributed by atoms with E-state index in [0.29, 0.717) is 5.03 Å². The van der Waals surface area contributed by atoms with Gasteiger partial charge >= 0.3 is 6.18 Å². The molecule has 1 heterocycles. The number of halogens is 3. The number of hydrogen-bond donors (Lipinski definition) is 3. The van der Waals surface area contributed by atoms with Gasteiger partial charge < -0.3 is 21.5 Å². The minimum atomic E-state index is -4.50. The number of nitrogen functional groups attached to an aromatic ring is 2. The van der Waals surface area contributed by atoms with Crippen molar-refractivity contribution >= 4 is 35.0 Å². The number of amides is 1. The third-order valence-corrected chi connectivity index (χ3v) is 3.60. The van der Waals surface area contributed by atoms with E-state index in [4.69, 9.17) is 16.2 Å². The Morgan fingerprint density at radius 1 is 1.32 bits per heavy atom. The fourth-order valence-corrected chi connectivity index (χ4v) is 2.31. The number of thioether (sulfide) groups is 1. The number of carbonyl (C=O) groups is 1. The Morgan fingerprint density at radius 2 is 2.04 bits per heavy atom. The van der Waals surface area contributed by atoms with E-state index in [0.717, 1.165) is 12.1 Å². The van der Waals surface area contributed by atoms with Crippen LogP contribution in [0, 0.1) is 0 Å². The molecule has 2 rings (SSSR count). The molecule has 0 radical (unpaired) electrons. The Bertz CT molecular complexity index is 786. The molecular weight excluding hydrogens is 359 g/mol. The molecule has 1 amide bonds. The van der Waals surface area contributed by atoms with Crippen molar-refractivity contribution in [1.29, 1.82) is 0 Å². The van der Waals surface area contributed by atoms with Crippen LogP contribution in [0.5, 0.6) is 5.88 Å². The van der Waals surface area contributed by atoms with Gasteiger partial charge in [0.05, 0.1) is 5.56 Å². The van der Waals surface area contributed by atoms with Crippen LogP contribution < -0.4 is 21.5 Å². The number of ether oxygens (including phenoxy) is 1. The summed E-state index contributed by atoms with van der Waals surface area (Å²) < 4.78 is 43.1. The Balaban J connectivity index is 2.04. The van der Waals surface area contributed by atoms with Gasteiger partial charge in [-0.25, -0.2) is 4.98 Å². The van der Waals surface area contributed by atoms with Crippen molar-refractivity contribution in [2.24, 2.45) is 0 Å². The summed E-state index contributed by atoms with van der Waals surface area (Å²) in [5.74, 6) is -0.829. The van der Waals surface area contributed by atoms with E-state index in [1.54, 1.807) is 6.26 Å². The molecule has 1 aromatic heterocycles. The maximum Gasteiger partial charge on any atom is 0.416 e. The van der Waals surface area contributed by atoms with Gasteiger partial charge in [0.25, 0.3) is 5.91 Å². The van der Waals surface area contributed by atoms with Crippen LogP contribution in [0.2, 0.25) is 0 Å². The van der Waals surface area contributed by atoms with Crippen molar-refractivity contribution in [3.63, 3.8) is 0 Å². The molecule has 25 heavy (non-hydrogen) atoms. The number of benzene rings is 1. The summed E-state index contributed by atoms with van der Waals surface area (Å²) in [4.78, 5) is 19.5. The molecule has 7 nitrogen and oxygen atoms in total. The summed E-state index contributed by atoms with van der Waals surface area (Å²) >= 11 is 1.22. The number of nitrogens with one attached hydrogen (secondary N) is 1. The van der Waals surface area contributed by atoms with E-state index < -0.39 is 24.3 Å². The second-order valence-electron chi connectivity index (χ2n) is 4.73. The van der Waals surface area contributed by atoms with Crippen LogP contribution in [0.1, 0.15) is 5.56 Å². The fraction of sp³-hybridized carbons (Fsp3) is 0.214. The van der Waals surface area contributed by atoms with Crippen molar-refractivity contribution in [2.45, 2.75) is 11.2 Å². The Kier molecular flexibility index (Phi) is 5.57. The first kappa shape index (κ1) is 18.6. The quantitative estimate of drug-likeness (QED) is 0.544. The SMILES string of the molecule is CSc1nc(N)nc(OCC(=O)Nc2cccc(C(F)(F)F)c2)c1N. The average Bonchev–Trinajstić information content (AvgIpc) is 2.54. The van der Waals surface area contributed by atoms with E-state index in [1.807, 2.05) is 0 Å². The van der Waals surface area contributed by atoms with Gasteiger partial charge in [-0.3, -0.25) is 4.79 Å². The third kappa shape index (κ3) is 4.89. The third-order valence-electron chi connectivity index (χ3n) is 2.90. The van der Waals surface area contributed by atoms with Crippen LogP contribution in [0.25, 0.3) is 0 Å². The zero-order chi connectivity index (χ0) is 18.6. The van der Waals surface area contributed by atoms with Crippen molar-refractivity contribution < 1.29 is 22.7 Å². The summed E-state index contributed by atoms with van der Waals surface area (Å²) in [5, 5.41) is 2.69. The highest BCUT2D eigenvalue weighted by Gasteiger charge is 2.30. The van der Waals surface area contributed by atoms with Gasteiger partial charge in [0, 0.05) is 5.69 Å². The number of hydrogen-bond acceptors (Lipinski definition) is 7. The van der Waals surface area contributed by atoms with Gasteiger partial charge in [-0.15, -0.1) is 11.8 Å². The molecule has 11 heteroatoms. The molecule has 5 N–H and O–H groups in total. The van der Waals surface area contributed by atoms with Crippen molar-refractivity contribution in [2.75, 3.05) is 29.6 Å². The summed E-state index contributed by atoms with van der Waals surface area (Å²) in [6, 6.07) is 4.24. The zero-order valence-electron chi connectivity index (χ0n) is 12.9. The normalized spacial score (nSPS) is 11.2. The Labute approximate surface area is 145 Å². The highest BCUT2D eigenvalue weighted by Crippen LogP contribution is 2.31. The molecule has 0 aliphatic heterocycles. The number of aromatic nitrogens is 2. The van der Waals surface area contributed by atoms with Gasteiger partial charge in [-0.2, -0.15) is 18.2 Å². The van der Waals surface area contributed by atoms with Gasteiger partial charge in [-0.1, -0.05) is 6.07 Å². The largest absolute Gasteiger partial charge is 0.466 e. The summed E-state index contributed by atoms with van der Waals surface area (Å²) in [6.45, 7) is -0.509. The molecule has 0 spiro atoms. The Hall–Kier alpha value is -2.69.